The van der Waals surface area contributed by atoms with Gasteiger partial charge in [-0.3, -0.25) is 4.79 Å². The summed E-state index contributed by atoms with van der Waals surface area (Å²) in [6.45, 7) is 4.46. The van der Waals surface area contributed by atoms with Crippen LogP contribution >= 0.6 is 0 Å². The molecule has 1 aliphatic heterocycles. The van der Waals surface area contributed by atoms with E-state index in [2.05, 4.69) is 38.1 Å². The molecule has 3 heteroatoms. The van der Waals surface area contributed by atoms with Gasteiger partial charge in [0, 0.05) is 18.8 Å². The van der Waals surface area contributed by atoms with Crippen LogP contribution in [-0.2, 0) is 4.79 Å². The number of hydrogen-bond acceptors (Lipinski definition) is 3. The molecule has 0 fully saturated rings. The Balaban J connectivity index is 1.89. The maximum absolute atomic E-state index is 12.4. The van der Waals surface area contributed by atoms with Gasteiger partial charge in [0.15, 0.2) is 11.5 Å². The second kappa shape index (κ2) is 7.52. The average Bonchev–Trinajstić information content (AvgIpc) is 3.06. The summed E-state index contributed by atoms with van der Waals surface area (Å²) < 4.78 is 10.9. The number of carbonyl (C=O) groups is 1. The highest BCUT2D eigenvalue weighted by Crippen LogP contribution is 2.37. The van der Waals surface area contributed by atoms with Gasteiger partial charge < -0.3 is 9.47 Å². The van der Waals surface area contributed by atoms with Gasteiger partial charge in [-0.1, -0.05) is 49.2 Å². The Labute approximate surface area is 143 Å². The number of fused-ring (bicyclic) bond motifs is 1. The van der Waals surface area contributed by atoms with Gasteiger partial charge >= 0.3 is 0 Å². The van der Waals surface area contributed by atoms with Crippen LogP contribution in [0.2, 0.25) is 0 Å². The first-order valence-electron chi connectivity index (χ1n) is 8.65. The van der Waals surface area contributed by atoms with Crippen molar-refractivity contribution in [2.45, 2.75) is 45.4 Å². The Bertz CT molecular complexity index is 704. The fourth-order valence-corrected chi connectivity index (χ4v) is 3.06. The van der Waals surface area contributed by atoms with Crippen molar-refractivity contribution in [3.8, 4) is 11.5 Å². The molecule has 1 atom stereocenters. The summed E-state index contributed by atoms with van der Waals surface area (Å²) in [7, 11) is 0. The third-order valence-corrected chi connectivity index (χ3v) is 4.52. The molecule has 0 aromatic heterocycles. The minimum Gasteiger partial charge on any atom is -0.454 e. The lowest BCUT2D eigenvalue weighted by Gasteiger charge is -2.18. The van der Waals surface area contributed by atoms with E-state index in [4.69, 9.17) is 9.47 Å². The smallest absolute Gasteiger partial charge is 0.231 e. The Hall–Kier alpha value is -2.29. The van der Waals surface area contributed by atoms with Crippen molar-refractivity contribution in [2.24, 2.45) is 0 Å². The predicted octanol–water partition coefficient (Wildman–Crippen LogP) is 5.01. The van der Waals surface area contributed by atoms with Gasteiger partial charge in [-0.05, 0) is 36.6 Å². The molecular weight excluding hydrogens is 300 g/mol. The minimum atomic E-state index is 0.0597. The molecule has 0 saturated heterocycles. The van der Waals surface area contributed by atoms with Crippen molar-refractivity contribution in [3.05, 3.63) is 59.2 Å². The van der Waals surface area contributed by atoms with Crippen LogP contribution in [0.25, 0.3) is 0 Å². The van der Waals surface area contributed by atoms with E-state index in [0.717, 1.165) is 29.9 Å². The van der Waals surface area contributed by atoms with Crippen molar-refractivity contribution in [1.29, 1.82) is 0 Å². The quantitative estimate of drug-likeness (QED) is 0.718. The van der Waals surface area contributed by atoms with Gasteiger partial charge in [-0.15, -0.1) is 0 Å². The molecule has 0 bridgehead atoms. The van der Waals surface area contributed by atoms with Crippen LogP contribution in [0, 0.1) is 6.92 Å². The lowest BCUT2D eigenvalue weighted by atomic mass is 9.86. The summed E-state index contributed by atoms with van der Waals surface area (Å²) in [4.78, 5) is 12.4. The average molecular weight is 324 g/mol. The maximum atomic E-state index is 12.4. The Morgan fingerprint density at radius 1 is 1.04 bits per heavy atom. The number of ether oxygens (including phenoxy) is 2. The van der Waals surface area contributed by atoms with Crippen LogP contribution in [-0.4, -0.2) is 12.6 Å². The van der Waals surface area contributed by atoms with E-state index in [9.17, 15) is 4.79 Å². The number of carbonyl (C=O) groups excluding carboxylic acids is 1. The third kappa shape index (κ3) is 3.78. The molecule has 1 unspecified atom stereocenters. The number of unbranched alkanes of at least 4 members (excludes halogenated alkanes) is 1. The second-order valence-electron chi connectivity index (χ2n) is 6.42. The van der Waals surface area contributed by atoms with Crippen LogP contribution < -0.4 is 9.47 Å². The monoisotopic (exact) mass is 324 g/mol. The van der Waals surface area contributed by atoms with Crippen LogP contribution in [0.5, 0.6) is 11.5 Å². The van der Waals surface area contributed by atoms with Crippen LogP contribution in [0.1, 0.15) is 55.2 Å². The van der Waals surface area contributed by atoms with Crippen molar-refractivity contribution >= 4 is 5.78 Å². The fourth-order valence-electron chi connectivity index (χ4n) is 3.06. The molecule has 3 rings (SSSR count). The Morgan fingerprint density at radius 2 is 1.75 bits per heavy atom. The molecule has 0 amide bonds. The highest BCUT2D eigenvalue weighted by molar-refractivity contribution is 5.80. The normalized spacial score (nSPS) is 13.8. The Kier molecular flexibility index (Phi) is 5.19. The van der Waals surface area contributed by atoms with Crippen LogP contribution in [0.4, 0.5) is 0 Å². The molecule has 2 aromatic rings. The SMILES string of the molecule is CCCCC(=O)CC(c1ccc(C)cc1)c1ccc2c(c1)OCO2. The van der Waals surface area contributed by atoms with E-state index in [1.807, 2.05) is 18.2 Å². The van der Waals surface area contributed by atoms with Gasteiger partial charge in [-0.2, -0.15) is 0 Å². The molecule has 0 spiro atoms. The predicted molar refractivity (Wildman–Crippen MR) is 94.7 cm³/mol. The number of aryl methyl sites for hydroxylation is 1. The van der Waals surface area contributed by atoms with Gasteiger partial charge in [-0.25, -0.2) is 0 Å². The van der Waals surface area contributed by atoms with E-state index >= 15 is 0 Å². The molecule has 0 radical (unpaired) electrons. The third-order valence-electron chi connectivity index (χ3n) is 4.52. The van der Waals surface area contributed by atoms with Crippen molar-refractivity contribution in [2.75, 3.05) is 6.79 Å². The van der Waals surface area contributed by atoms with E-state index in [0.29, 0.717) is 18.6 Å². The zero-order valence-corrected chi connectivity index (χ0v) is 14.4. The lowest BCUT2D eigenvalue weighted by Crippen LogP contribution is -2.09. The molecule has 2 aromatic carbocycles. The first kappa shape index (κ1) is 16.6. The second-order valence-corrected chi connectivity index (χ2v) is 6.42. The van der Waals surface area contributed by atoms with E-state index < -0.39 is 0 Å². The number of benzene rings is 2. The molecule has 24 heavy (non-hydrogen) atoms. The molecule has 1 heterocycles. The number of rotatable bonds is 7. The van der Waals surface area contributed by atoms with E-state index in [-0.39, 0.29) is 12.7 Å². The largest absolute Gasteiger partial charge is 0.454 e. The van der Waals surface area contributed by atoms with E-state index in [1.165, 1.54) is 11.1 Å². The zero-order chi connectivity index (χ0) is 16.9. The molecule has 126 valence electrons. The topological polar surface area (TPSA) is 35.5 Å². The standard InChI is InChI=1S/C21H24O3/c1-3-4-5-18(22)13-19(16-8-6-15(2)7-9-16)17-10-11-20-21(12-17)24-14-23-20/h6-12,19H,3-5,13-14H2,1-2H3. The zero-order valence-electron chi connectivity index (χ0n) is 14.4. The van der Waals surface area contributed by atoms with Crippen molar-refractivity contribution in [1.82, 2.24) is 0 Å². The highest BCUT2D eigenvalue weighted by Gasteiger charge is 2.21. The van der Waals surface area contributed by atoms with Gasteiger partial charge in [0.25, 0.3) is 0 Å². The minimum absolute atomic E-state index is 0.0597. The summed E-state index contributed by atoms with van der Waals surface area (Å²) in [5.74, 6) is 1.92. The summed E-state index contributed by atoms with van der Waals surface area (Å²) in [6, 6.07) is 14.5. The molecule has 1 aliphatic rings. The summed E-state index contributed by atoms with van der Waals surface area (Å²) >= 11 is 0. The van der Waals surface area contributed by atoms with Crippen LogP contribution in [0.15, 0.2) is 42.5 Å². The van der Waals surface area contributed by atoms with Crippen molar-refractivity contribution in [3.63, 3.8) is 0 Å². The van der Waals surface area contributed by atoms with Gasteiger partial charge in [0.2, 0.25) is 6.79 Å². The van der Waals surface area contributed by atoms with Gasteiger partial charge in [0.05, 0.1) is 0 Å². The number of hydrogen-bond donors (Lipinski definition) is 0. The highest BCUT2D eigenvalue weighted by atomic mass is 16.7. The summed E-state index contributed by atoms with van der Waals surface area (Å²) in [6.07, 6.45) is 3.19. The summed E-state index contributed by atoms with van der Waals surface area (Å²) in [5.41, 5.74) is 3.50. The first-order valence-corrected chi connectivity index (χ1v) is 8.65. The van der Waals surface area contributed by atoms with E-state index in [1.54, 1.807) is 0 Å². The first-order chi connectivity index (χ1) is 11.7. The maximum Gasteiger partial charge on any atom is 0.231 e. The molecule has 3 nitrogen and oxygen atoms in total. The summed E-state index contributed by atoms with van der Waals surface area (Å²) in [5, 5.41) is 0. The Morgan fingerprint density at radius 3 is 2.50 bits per heavy atom. The molecular formula is C21H24O3. The molecule has 0 saturated carbocycles. The number of ketones is 1. The van der Waals surface area contributed by atoms with Crippen LogP contribution in [0.3, 0.4) is 0 Å². The fraction of sp³-hybridized carbons (Fsp3) is 0.381. The van der Waals surface area contributed by atoms with Crippen molar-refractivity contribution < 1.29 is 14.3 Å². The molecule has 0 N–H and O–H groups in total. The molecule has 0 aliphatic carbocycles. The number of Topliss-reactive ketones (excluding diaryl/α,β-unsaturated/α-hetero) is 1. The lowest BCUT2D eigenvalue weighted by molar-refractivity contribution is -0.119. The van der Waals surface area contributed by atoms with Gasteiger partial charge in [0.1, 0.15) is 5.78 Å².